The Bertz CT molecular complexity index is 921. The first-order chi connectivity index (χ1) is 12.8. The number of hydrogen-bond acceptors (Lipinski definition) is 4. The molecule has 2 heterocycles. The van der Waals surface area contributed by atoms with Crippen molar-refractivity contribution in [3.63, 3.8) is 0 Å². The van der Waals surface area contributed by atoms with E-state index in [9.17, 15) is 26.3 Å². The summed E-state index contributed by atoms with van der Waals surface area (Å²) in [6.45, 7) is 5.18. The maximum absolute atomic E-state index is 13.6. The van der Waals surface area contributed by atoms with Gasteiger partial charge in [-0.1, -0.05) is 6.58 Å². The van der Waals surface area contributed by atoms with Crippen molar-refractivity contribution in [2.45, 2.75) is 32.3 Å². The van der Waals surface area contributed by atoms with E-state index in [-0.39, 0.29) is 40.5 Å². The Balaban J connectivity index is 2.22. The number of alkyl halides is 6. The summed E-state index contributed by atoms with van der Waals surface area (Å²) in [6.07, 6.45) is -9.75. The number of fused-ring (bicyclic) bond motifs is 2. The number of halogens is 6. The number of rotatable bonds is 3. The molecular weight excluding hydrogens is 390 g/mol. The highest BCUT2D eigenvalue weighted by molar-refractivity contribution is 5.90. The third-order valence-electron chi connectivity index (χ3n) is 3.93. The van der Waals surface area contributed by atoms with Crippen molar-refractivity contribution in [2.24, 2.45) is 0 Å². The molecule has 0 aliphatic carbocycles. The fourth-order valence-electron chi connectivity index (χ4n) is 2.87. The van der Waals surface area contributed by atoms with Gasteiger partial charge in [-0.2, -0.15) is 26.3 Å². The molecule has 4 nitrogen and oxygen atoms in total. The molecule has 28 heavy (non-hydrogen) atoms. The summed E-state index contributed by atoms with van der Waals surface area (Å²) >= 11 is 0. The minimum absolute atomic E-state index is 0.00790. The van der Waals surface area contributed by atoms with Crippen molar-refractivity contribution in [1.29, 1.82) is 0 Å². The maximum Gasteiger partial charge on any atom is 0.417 e. The molecule has 0 saturated heterocycles. The van der Waals surface area contributed by atoms with Crippen LogP contribution in [0.1, 0.15) is 19.4 Å². The molecule has 0 bridgehead atoms. The average Bonchev–Trinajstić information content (AvgIpc) is 2.53. The number of hydrogen-bond donors (Lipinski definition) is 0. The van der Waals surface area contributed by atoms with E-state index in [1.807, 2.05) is 0 Å². The second-order valence-corrected chi connectivity index (χ2v) is 6.57. The lowest BCUT2D eigenvalue weighted by atomic mass is 10.1. The van der Waals surface area contributed by atoms with Gasteiger partial charge < -0.3 is 14.4 Å². The molecule has 10 heteroatoms. The van der Waals surface area contributed by atoms with Crippen molar-refractivity contribution < 1.29 is 35.8 Å². The monoisotopic (exact) mass is 406 g/mol. The van der Waals surface area contributed by atoms with Gasteiger partial charge in [0, 0.05) is 23.2 Å². The van der Waals surface area contributed by atoms with Crippen LogP contribution in [0.25, 0.3) is 10.9 Å². The molecule has 152 valence electrons. The Labute approximate surface area is 156 Å². The van der Waals surface area contributed by atoms with Gasteiger partial charge in [0.2, 0.25) is 5.88 Å². The van der Waals surface area contributed by atoms with Gasteiger partial charge in [0.15, 0.2) is 0 Å². The lowest BCUT2D eigenvalue weighted by Crippen LogP contribution is -2.37. The van der Waals surface area contributed by atoms with E-state index in [2.05, 4.69) is 11.6 Å². The van der Waals surface area contributed by atoms with Gasteiger partial charge in [-0.25, -0.2) is 4.98 Å². The van der Waals surface area contributed by atoms with Gasteiger partial charge in [-0.15, -0.1) is 0 Å². The van der Waals surface area contributed by atoms with Crippen molar-refractivity contribution in [3.05, 3.63) is 36.0 Å². The van der Waals surface area contributed by atoms with Gasteiger partial charge >= 0.3 is 12.4 Å². The van der Waals surface area contributed by atoms with Gasteiger partial charge in [0.1, 0.15) is 18.9 Å². The summed E-state index contributed by atoms with van der Waals surface area (Å²) in [4.78, 5) is 4.85. The molecule has 2 aromatic rings. The number of benzene rings is 1. The van der Waals surface area contributed by atoms with Crippen molar-refractivity contribution >= 4 is 16.6 Å². The summed E-state index contributed by atoms with van der Waals surface area (Å²) in [5.41, 5.74) is -1.31. The van der Waals surface area contributed by atoms with Crippen LogP contribution in [0.3, 0.4) is 0 Å². The number of pyridine rings is 1. The number of aromatic nitrogens is 1. The molecule has 0 N–H and O–H groups in total. The normalized spacial score (nSPS) is 15.0. The molecule has 1 aromatic carbocycles. The zero-order valence-electron chi connectivity index (χ0n) is 14.9. The minimum Gasteiger partial charge on any atom is -0.485 e. The lowest BCUT2D eigenvalue weighted by molar-refractivity contribution is -0.136. The molecular formula is C18H16F6N2O2. The third-order valence-corrected chi connectivity index (χ3v) is 3.93. The summed E-state index contributed by atoms with van der Waals surface area (Å²) in [5, 5.41) is -0.354. The molecule has 1 aliphatic heterocycles. The van der Waals surface area contributed by atoms with E-state index in [0.717, 1.165) is 17.0 Å². The first kappa shape index (κ1) is 20.1. The van der Waals surface area contributed by atoms with Crippen LogP contribution >= 0.6 is 0 Å². The molecule has 3 rings (SSSR count). The summed E-state index contributed by atoms with van der Waals surface area (Å²) < 4.78 is 90.2. The summed E-state index contributed by atoms with van der Waals surface area (Å²) in [7, 11) is 0. The molecule has 0 atom stereocenters. The Hall–Kier alpha value is -2.65. The van der Waals surface area contributed by atoms with E-state index in [4.69, 9.17) is 9.47 Å². The van der Waals surface area contributed by atoms with Crippen LogP contribution < -0.4 is 14.4 Å². The zero-order chi connectivity index (χ0) is 20.9. The van der Waals surface area contributed by atoms with Crippen LogP contribution in [0.15, 0.2) is 30.5 Å². The SMILES string of the molecule is C=C1COc2cc3nc(OC(C)C)cc(C(F)(F)F)c3cc2N1CC(F)(F)F. The number of ether oxygens (including phenoxy) is 2. The second kappa shape index (κ2) is 6.75. The Morgan fingerprint density at radius 2 is 1.86 bits per heavy atom. The van der Waals surface area contributed by atoms with E-state index in [1.54, 1.807) is 13.8 Å². The average molecular weight is 406 g/mol. The predicted octanol–water partition coefficient (Wildman–Crippen LogP) is 5.32. The van der Waals surface area contributed by atoms with E-state index < -0.39 is 30.6 Å². The smallest absolute Gasteiger partial charge is 0.417 e. The Kier molecular flexibility index (Phi) is 4.84. The second-order valence-electron chi connectivity index (χ2n) is 6.57. The number of anilines is 1. The standard InChI is InChI=1S/C18H16F6N2O2/c1-9(2)28-16-5-12(18(22,23)24)11-4-14-15(6-13(11)25-16)27-7-10(3)26(14)8-17(19,20)21/h4-6,9H,3,7-8H2,1-2H3. The highest BCUT2D eigenvalue weighted by Gasteiger charge is 2.37. The van der Waals surface area contributed by atoms with E-state index in [0.29, 0.717) is 0 Å². The van der Waals surface area contributed by atoms with Crippen LogP contribution in [0.5, 0.6) is 11.6 Å². The van der Waals surface area contributed by atoms with Crippen LogP contribution in [-0.4, -0.2) is 30.4 Å². The summed E-state index contributed by atoms with van der Waals surface area (Å²) in [5.74, 6) is -0.242. The zero-order valence-corrected chi connectivity index (χ0v) is 14.9. The lowest BCUT2D eigenvalue weighted by Gasteiger charge is -2.33. The van der Waals surface area contributed by atoms with Crippen molar-refractivity contribution in [1.82, 2.24) is 4.98 Å². The van der Waals surface area contributed by atoms with Gasteiger partial charge in [-0.3, -0.25) is 0 Å². The van der Waals surface area contributed by atoms with Crippen LogP contribution in [0.2, 0.25) is 0 Å². The third kappa shape index (κ3) is 4.10. The van der Waals surface area contributed by atoms with Crippen LogP contribution in [-0.2, 0) is 6.18 Å². The first-order valence-corrected chi connectivity index (χ1v) is 8.22. The quantitative estimate of drug-likeness (QED) is 0.647. The topological polar surface area (TPSA) is 34.6 Å². The molecule has 0 amide bonds. The molecule has 0 saturated carbocycles. The molecule has 0 spiro atoms. The Morgan fingerprint density at radius 1 is 1.18 bits per heavy atom. The summed E-state index contributed by atoms with van der Waals surface area (Å²) in [6, 6.07) is 2.92. The fraction of sp³-hybridized carbons (Fsp3) is 0.389. The van der Waals surface area contributed by atoms with Crippen molar-refractivity contribution in [2.75, 3.05) is 18.1 Å². The molecule has 0 fully saturated rings. The fourth-order valence-corrected chi connectivity index (χ4v) is 2.87. The van der Waals surface area contributed by atoms with Gasteiger partial charge in [0.25, 0.3) is 0 Å². The predicted molar refractivity (Wildman–Crippen MR) is 90.5 cm³/mol. The van der Waals surface area contributed by atoms with Crippen molar-refractivity contribution in [3.8, 4) is 11.6 Å². The largest absolute Gasteiger partial charge is 0.485 e. The Morgan fingerprint density at radius 3 is 2.43 bits per heavy atom. The maximum atomic E-state index is 13.6. The highest BCUT2D eigenvalue weighted by Crippen LogP contribution is 2.43. The van der Waals surface area contributed by atoms with E-state index >= 15 is 0 Å². The highest BCUT2D eigenvalue weighted by atomic mass is 19.4. The minimum atomic E-state index is -4.76. The van der Waals surface area contributed by atoms with Crippen LogP contribution in [0, 0.1) is 0 Å². The first-order valence-electron chi connectivity index (χ1n) is 8.22. The van der Waals surface area contributed by atoms with E-state index in [1.165, 1.54) is 6.07 Å². The molecule has 1 aliphatic rings. The molecule has 1 aromatic heterocycles. The molecule has 0 unspecified atom stereocenters. The van der Waals surface area contributed by atoms with Crippen LogP contribution in [0.4, 0.5) is 32.0 Å². The van der Waals surface area contributed by atoms with Gasteiger partial charge in [-0.05, 0) is 19.9 Å². The van der Waals surface area contributed by atoms with Gasteiger partial charge in [0.05, 0.1) is 22.9 Å². The number of nitrogens with zero attached hydrogens (tertiary/aromatic N) is 2. The molecule has 0 radical (unpaired) electrons.